The fourth-order valence-corrected chi connectivity index (χ4v) is 2.20. The second-order valence-corrected chi connectivity index (χ2v) is 5.25. The zero-order chi connectivity index (χ0) is 16.9. The molecule has 0 aliphatic rings. The lowest BCUT2D eigenvalue weighted by Crippen LogP contribution is -2.11. The summed E-state index contributed by atoms with van der Waals surface area (Å²) in [5, 5.41) is 12.5. The van der Waals surface area contributed by atoms with E-state index in [1.807, 2.05) is 19.1 Å². The van der Waals surface area contributed by atoms with Crippen molar-refractivity contribution < 1.29 is 14.3 Å². The van der Waals surface area contributed by atoms with Crippen LogP contribution in [0, 0.1) is 6.92 Å². The van der Waals surface area contributed by atoms with Crippen molar-refractivity contribution in [1.29, 1.82) is 0 Å². The van der Waals surface area contributed by atoms with E-state index in [2.05, 4.69) is 10.3 Å². The van der Waals surface area contributed by atoms with Gasteiger partial charge < -0.3 is 14.8 Å². The molecule has 0 fully saturated rings. The van der Waals surface area contributed by atoms with Crippen LogP contribution in [-0.2, 0) is 0 Å². The van der Waals surface area contributed by atoms with Crippen molar-refractivity contribution in [2.24, 2.45) is 4.99 Å². The van der Waals surface area contributed by atoms with Crippen molar-refractivity contribution in [2.45, 2.75) is 6.92 Å². The number of carbonyl (C=O) groups excluding carboxylic acids is 1. The monoisotopic (exact) mass is 320 g/mol. The predicted molar refractivity (Wildman–Crippen MR) is 93.2 cm³/mol. The van der Waals surface area contributed by atoms with Gasteiger partial charge in [-0.3, -0.25) is 9.79 Å². The van der Waals surface area contributed by atoms with Crippen LogP contribution in [0.1, 0.15) is 21.7 Å². The second kappa shape index (κ2) is 6.83. The highest BCUT2D eigenvalue weighted by Crippen LogP contribution is 2.23. The van der Waals surface area contributed by atoms with Crippen LogP contribution in [0.3, 0.4) is 0 Å². The fraction of sp³-hybridized carbons (Fsp3) is 0.0526. The minimum absolute atomic E-state index is 0.181. The number of aryl methyl sites for hydroxylation is 1. The Bertz CT molecular complexity index is 883. The van der Waals surface area contributed by atoms with Gasteiger partial charge in [-0.05, 0) is 55.0 Å². The number of benzene rings is 2. The molecule has 0 atom stereocenters. The average Bonchev–Trinajstić information content (AvgIpc) is 3.11. The maximum Gasteiger partial charge on any atom is 0.291 e. The lowest BCUT2D eigenvalue weighted by molar-refractivity contribution is 0.0996. The molecule has 0 radical (unpaired) electrons. The quantitative estimate of drug-likeness (QED) is 0.704. The summed E-state index contributed by atoms with van der Waals surface area (Å²) in [6, 6.07) is 15.7. The van der Waals surface area contributed by atoms with Gasteiger partial charge in [0.05, 0.1) is 12.0 Å². The van der Waals surface area contributed by atoms with Crippen molar-refractivity contribution in [3.63, 3.8) is 0 Å². The summed E-state index contributed by atoms with van der Waals surface area (Å²) in [5.41, 5.74) is 2.94. The van der Waals surface area contributed by atoms with Crippen LogP contribution < -0.4 is 5.32 Å². The molecule has 24 heavy (non-hydrogen) atoms. The number of aromatic hydroxyl groups is 1. The molecule has 5 nitrogen and oxygen atoms in total. The number of para-hydroxylation sites is 1. The van der Waals surface area contributed by atoms with Gasteiger partial charge in [0.15, 0.2) is 5.76 Å². The van der Waals surface area contributed by atoms with Crippen LogP contribution in [0.5, 0.6) is 5.75 Å². The highest BCUT2D eigenvalue weighted by atomic mass is 16.3. The predicted octanol–water partition coefficient (Wildman–Crippen LogP) is 4.30. The zero-order valence-corrected chi connectivity index (χ0v) is 13.1. The number of furan rings is 1. The van der Waals surface area contributed by atoms with E-state index in [-0.39, 0.29) is 17.4 Å². The first-order valence-electron chi connectivity index (χ1n) is 7.41. The molecule has 0 saturated heterocycles. The summed E-state index contributed by atoms with van der Waals surface area (Å²) in [6.45, 7) is 1.89. The number of nitrogens with zero attached hydrogens (tertiary/aromatic N) is 1. The van der Waals surface area contributed by atoms with Crippen molar-refractivity contribution in [3.05, 3.63) is 77.7 Å². The Balaban J connectivity index is 1.75. The molecule has 0 unspecified atom stereocenters. The molecule has 1 aromatic heterocycles. The molecule has 5 heteroatoms. The number of phenols is 1. The number of nitrogens with one attached hydrogen (secondary N) is 1. The summed E-state index contributed by atoms with van der Waals surface area (Å²) in [4.78, 5) is 16.4. The molecule has 2 N–H and O–H groups in total. The van der Waals surface area contributed by atoms with Crippen molar-refractivity contribution >= 4 is 23.5 Å². The lowest BCUT2D eigenvalue weighted by Gasteiger charge is -2.07. The molecule has 0 aliphatic heterocycles. The number of rotatable bonds is 4. The Morgan fingerprint density at radius 2 is 2.00 bits per heavy atom. The molecule has 0 saturated carbocycles. The van der Waals surface area contributed by atoms with Crippen molar-refractivity contribution in [2.75, 3.05) is 5.32 Å². The molecule has 0 spiro atoms. The molecule has 2 aromatic carbocycles. The Hall–Kier alpha value is -3.34. The fourth-order valence-electron chi connectivity index (χ4n) is 2.20. The summed E-state index contributed by atoms with van der Waals surface area (Å²) in [7, 11) is 0. The van der Waals surface area contributed by atoms with Gasteiger partial charge >= 0.3 is 0 Å². The van der Waals surface area contributed by atoms with E-state index in [1.54, 1.807) is 48.7 Å². The van der Waals surface area contributed by atoms with Crippen LogP contribution in [0.15, 0.2) is 70.3 Å². The smallest absolute Gasteiger partial charge is 0.291 e. The number of anilines is 1. The van der Waals surface area contributed by atoms with E-state index in [0.29, 0.717) is 11.3 Å². The molecule has 3 rings (SSSR count). The van der Waals surface area contributed by atoms with Gasteiger partial charge in [-0.1, -0.05) is 12.1 Å². The van der Waals surface area contributed by atoms with Crippen LogP contribution >= 0.6 is 0 Å². The largest absolute Gasteiger partial charge is 0.507 e. The third-order valence-electron chi connectivity index (χ3n) is 3.49. The van der Waals surface area contributed by atoms with Gasteiger partial charge in [-0.2, -0.15) is 0 Å². The number of aliphatic imine (C=N–C) groups is 1. The second-order valence-electron chi connectivity index (χ2n) is 5.25. The number of phenolic OH excluding ortho intramolecular Hbond substituents is 1. The maximum absolute atomic E-state index is 12.0. The molecular weight excluding hydrogens is 304 g/mol. The van der Waals surface area contributed by atoms with Gasteiger partial charge in [0.25, 0.3) is 5.91 Å². The SMILES string of the molecule is Cc1cc(N=Cc2ccccc2O)ccc1NC(=O)c1ccco1. The standard InChI is InChI=1S/C19H16N2O3/c1-13-11-15(20-12-14-5-2-3-6-17(14)22)8-9-16(13)21-19(23)18-7-4-10-24-18/h2-12,22H,1H3,(H,21,23). The van der Waals surface area contributed by atoms with Gasteiger partial charge in [0.1, 0.15) is 5.75 Å². The van der Waals surface area contributed by atoms with Crippen LogP contribution in [0.2, 0.25) is 0 Å². The van der Waals surface area contributed by atoms with E-state index in [9.17, 15) is 9.90 Å². The van der Waals surface area contributed by atoms with E-state index >= 15 is 0 Å². The van der Waals surface area contributed by atoms with E-state index in [0.717, 1.165) is 11.3 Å². The van der Waals surface area contributed by atoms with Gasteiger partial charge in [0, 0.05) is 17.5 Å². The maximum atomic E-state index is 12.0. The number of amides is 1. The molecule has 120 valence electrons. The first-order valence-corrected chi connectivity index (χ1v) is 7.41. The average molecular weight is 320 g/mol. The van der Waals surface area contributed by atoms with Crippen LogP contribution in [-0.4, -0.2) is 17.2 Å². The van der Waals surface area contributed by atoms with E-state index in [4.69, 9.17) is 4.42 Å². The molecule has 0 bridgehead atoms. The van der Waals surface area contributed by atoms with E-state index < -0.39 is 0 Å². The van der Waals surface area contributed by atoms with Crippen molar-refractivity contribution in [1.82, 2.24) is 0 Å². The highest BCUT2D eigenvalue weighted by Gasteiger charge is 2.10. The Morgan fingerprint density at radius 1 is 1.17 bits per heavy atom. The summed E-state index contributed by atoms with van der Waals surface area (Å²) < 4.78 is 5.07. The Labute approximate surface area is 139 Å². The van der Waals surface area contributed by atoms with Gasteiger partial charge in [-0.15, -0.1) is 0 Å². The highest BCUT2D eigenvalue weighted by molar-refractivity contribution is 6.02. The zero-order valence-electron chi connectivity index (χ0n) is 13.1. The number of hydrogen-bond donors (Lipinski definition) is 2. The summed E-state index contributed by atoms with van der Waals surface area (Å²) in [6.07, 6.45) is 3.06. The Kier molecular flexibility index (Phi) is 4.43. The van der Waals surface area contributed by atoms with Gasteiger partial charge in [-0.25, -0.2) is 0 Å². The number of carbonyl (C=O) groups is 1. The normalized spacial score (nSPS) is 10.9. The first kappa shape index (κ1) is 15.6. The topological polar surface area (TPSA) is 74.8 Å². The van der Waals surface area contributed by atoms with E-state index in [1.165, 1.54) is 6.26 Å². The Morgan fingerprint density at radius 3 is 2.71 bits per heavy atom. The van der Waals surface area contributed by atoms with Crippen LogP contribution in [0.25, 0.3) is 0 Å². The minimum Gasteiger partial charge on any atom is -0.507 e. The molecule has 3 aromatic rings. The first-order chi connectivity index (χ1) is 11.6. The van der Waals surface area contributed by atoms with Gasteiger partial charge in [0.2, 0.25) is 0 Å². The van der Waals surface area contributed by atoms with Crippen LogP contribution in [0.4, 0.5) is 11.4 Å². The third kappa shape index (κ3) is 3.52. The van der Waals surface area contributed by atoms with Crippen molar-refractivity contribution in [3.8, 4) is 5.75 Å². The lowest BCUT2D eigenvalue weighted by atomic mass is 10.1. The molecular formula is C19H16N2O3. The molecule has 0 aliphatic carbocycles. The third-order valence-corrected chi connectivity index (χ3v) is 3.49. The molecule has 1 heterocycles. The minimum atomic E-state index is -0.298. The molecule has 1 amide bonds. The summed E-state index contributed by atoms with van der Waals surface area (Å²) in [5.74, 6) is 0.143. The summed E-state index contributed by atoms with van der Waals surface area (Å²) >= 11 is 0. The number of hydrogen-bond acceptors (Lipinski definition) is 4.